The number of aliphatic carboxylic acids is 1. The van der Waals surface area contributed by atoms with Crippen molar-refractivity contribution < 1.29 is 19.2 Å². The Morgan fingerprint density at radius 2 is 2.04 bits per heavy atom. The van der Waals surface area contributed by atoms with Crippen LogP contribution in [0.4, 0.5) is 0 Å². The van der Waals surface area contributed by atoms with Crippen LogP contribution in [0.5, 0.6) is 0 Å². The lowest BCUT2D eigenvalue weighted by Crippen LogP contribution is -2.33. The minimum absolute atomic E-state index is 0.0936. The van der Waals surface area contributed by atoms with Crippen LogP contribution in [-0.4, -0.2) is 33.2 Å². The van der Waals surface area contributed by atoms with E-state index in [-0.39, 0.29) is 17.9 Å². The smallest absolute Gasteiger partial charge is 0.306 e. The van der Waals surface area contributed by atoms with Gasteiger partial charge in [-0.2, -0.15) is 4.98 Å². The second kappa shape index (κ2) is 6.31. The van der Waals surface area contributed by atoms with Crippen LogP contribution in [-0.2, 0) is 4.79 Å². The zero-order chi connectivity index (χ0) is 17.4. The van der Waals surface area contributed by atoms with Crippen molar-refractivity contribution in [3.05, 3.63) is 35.7 Å². The van der Waals surface area contributed by atoms with Crippen molar-refractivity contribution in [2.75, 3.05) is 0 Å². The third-order valence-corrected chi connectivity index (χ3v) is 4.87. The molecule has 4 rings (SSSR count). The zero-order valence-corrected chi connectivity index (χ0v) is 13.6. The average molecular weight is 341 g/mol. The van der Waals surface area contributed by atoms with Gasteiger partial charge < -0.3 is 14.9 Å². The topological polar surface area (TPSA) is 105 Å². The molecule has 1 amide bonds. The number of carboxylic acids is 1. The highest BCUT2D eigenvalue weighted by Gasteiger charge is 2.31. The summed E-state index contributed by atoms with van der Waals surface area (Å²) in [7, 11) is 0. The van der Waals surface area contributed by atoms with Crippen LogP contribution in [0.2, 0.25) is 0 Å². The van der Waals surface area contributed by atoms with E-state index < -0.39 is 5.97 Å². The van der Waals surface area contributed by atoms with Gasteiger partial charge in [-0.3, -0.25) is 9.59 Å². The Morgan fingerprint density at radius 1 is 1.20 bits per heavy atom. The van der Waals surface area contributed by atoms with Crippen molar-refractivity contribution in [1.29, 1.82) is 0 Å². The molecule has 2 aromatic rings. The van der Waals surface area contributed by atoms with Gasteiger partial charge >= 0.3 is 5.97 Å². The zero-order valence-electron chi connectivity index (χ0n) is 13.6. The summed E-state index contributed by atoms with van der Waals surface area (Å²) in [5.41, 5.74) is 1.24. The number of aromatic nitrogens is 2. The first-order valence-corrected chi connectivity index (χ1v) is 8.58. The fourth-order valence-corrected chi connectivity index (χ4v) is 3.25. The van der Waals surface area contributed by atoms with Crippen LogP contribution in [0.3, 0.4) is 0 Å². The van der Waals surface area contributed by atoms with Crippen molar-refractivity contribution in [2.45, 2.75) is 44.1 Å². The Bertz CT molecular complexity index is 812. The first-order chi connectivity index (χ1) is 12.1. The second-order valence-corrected chi connectivity index (χ2v) is 6.83. The standard InChI is InChI=1S/C18H19N3O4/c22-16(19-14-7-6-13(9-14)18(23)24)12-3-1-2-11(8-12)15-20-17(25-21-15)10-4-5-10/h1-3,8,10,13-14H,4-7,9H2,(H,19,22)(H,23,24)/t13-,14+/m0/s1. The fourth-order valence-electron chi connectivity index (χ4n) is 3.25. The molecule has 0 bridgehead atoms. The van der Waals surface area contributed by atoms with E-state index >= 15 is 0 Å². The molecule has 2 saturated carbocycles. The van der Waals surface area contributed by atoms with Crippen LogP contribution in [0.25, 0.3) is 11.4 Å². The molecule has 0 radical (unpaired) electrons. The molecular weight excluding hydrogens is 322 g/mol. The lowest BCUT2D eigenvalue weighted by atomic mass is 10.1. The Kier molecular flexibility index (Phi) is 3.99. The highest BCUT2D eigenvalue weighted by Crippen LogP contribution is 2.39. The molecule has 2 atom stereocenters. The first kappa shape index (κ1) is 15.8. The minimum Gasteiger partial charge on any atom is -0.481 e. The summed E-state index contributed by atoms with van der Waals surface area (Å²) in [6, 6.07) is 6.99. The molecule has 0 unspecified atom stereocenters. The summed E-state index contributed by atoms with van der Waals surface area (Å²) in [5, 5.41) is 16.0. The Labute approximate surface area is 144 Å². The summed E-state index contributed by atoms with van der Waals surface area (Å²) >= 11 is 0. The molecule has 25 heavy (non-hydrogen) atoms. The quantitative estimate of drug-likeness (QED) is 0.866. The number of benzene rings is 1. The van der Waals surface area contributed by atoms with E-state index in [0.717, 1.165) is 18.4 Å². The maximum Gasteiger partial charge on any atom is 0.306 e. The summed E-state index contributed by atoms with van der Waals surface area (Å²) in [5.74, 6) is 0.180. The molecule has 0 aliphatic heterocycles. The largest absolute Gasteiger partial charge is 0.481 e. The van der Waals surface area contributed by atoms with E-state index in [1.165, 1.54) is 0 Å². The van der Waals surface area contributed by atoms with E-state index in [1.807, 2.05) is 6.07 Å². The Morgan fingerprint density at radius 3 is 2.76 bits per heavy atom. The van der Waals surface area contributed by atoms with Gasteiger partial charge in [0.25, 0.3) is 5.91 Å². The molecule has 2 N–H and O–H groups in total. The minimum atomic E-state index is -0.790. The SMILES string of the molecule is O=C(N[C@@H]1CC[C@H](C(=O)O)C1)c1cccc(-c2noc(C3CC3)n2)c1. The number of rotatable bonds is 5. The lowest BCUT2D eigenvalue weighted by Gasteiger charge is -2.12. The van der Waals surface area contributed by atoms with Crippen LogP contribution in [0.15, 0.2) is 28.8 Å². The third-order valence-electron chi connectivity index (χ3n) is 4.87. The van der Waals surface area contributed by atoms with Crippen molar-refractivity contribution in [3.8, 4) is 11.4 Å². The van der Waals surface area contributed by atoms with Gasteiger partial charge in [0.15, 0.2) is 0 Å². The Hall–Kier alpha value is -2.70. The molecule has 7 nitrogen and oxygen atoms in total. The molecule has 130 valence electrons. The lowest BCUT2D eigenvalue weighted by molar-refractivity contribution is -0.141. The first-order valence-electron chi connectivity index (χ1n) is 8.58. The molecule has 2 fully saturated rings. The van der Waals surface area contributed by atoms with Crippen LogP contribution in [0.1, 0.15) is 54.3 Å². The summed E-state index contributed by atoms with van der Waals surface area (Å²) in [4.78, 5) is 27.9. The predicted octanol–water partition coefficient (Wildman–Crippen LogP) is 2.60. The summed E-state index contributed by atoms with van der Waals surface area (Å²) in [6.45, 7) is 0. The molecule has 1 aromatic heterocycles. The third kappa shape index (κ3) is 3.40. The molecule has 0 saturated heterocycles. The maximum atomic E-state index is 12.5. The molecule has 7 heteroatoms. The molecule has 2 aliphatic rings. The van der Waals surface area contributed by atoms with Gasteiger partial charge in [0, 0.05) is 23.1 Å². The molecule has 1 aromatic carbocycles. The van der Waals surface area contributed by atoms with Crippen molar-refractivity contribution in [2.24, 2.45) is 5.92 Å². The molecular formula is C18H19N3O4. The van der Waals surface area contributed by atoms with Gasteiger partial charge in [-0.15, -0.1) is 0 Å². The van der Waals surface area contributed by atoms with Gasteiger partial charge in [0.05, 0.1) is 5.92 Å². The van der Waals surface area contributed by atoms with Crippen LogP contribution < -0.4 is 5.32 Å². The van der Waals surface area contributed by atoms with E-state index in [4.69, 9.17) is 9.63 Å². The van der Waals surface area contributed by atoms with Gasteiger partial charge in [-0.05, 0) is 44.2 Å². The molecule has 0 spiro atoms. The number of nitrogens with one attached hydrogen (secondary N) is 1. The van der Waals surface area contributed by atoms with Gasteiger partial charge in [-0.25, -0.2) is 0 Å². The van der Waals surface area contributed by atoms with Gasteiger partial charge in [0.2, 0.25) is 11.7 Å². The maximum absolute atomic E-state index is 12.5. The van der Waals surface area contributed by atoms with E-state index in [9.17, 15) is 9.59 Å². The van der Waals surface area contributed by atoms with E-state index in [0.29, 0.717) is 42.5 Å². The highest BCUT2D eigenvalue weighted by atomic mass is 16.5. The number of nitrogens with zero attached hydrogens (tertiary/aromatic N) is 2. The van der Waals surface area contributed by atoms with E-state index in [2.05, 4.69) is 15.5 Å². The van der Waals surface area contributed by atoms with E-state index in [1.54, 1.807) is 18.2 Å². The normalized spacial score (nSPS) is 22.7. The van der Waals surface area contributed by atoms with Gasteiger partial charge in [-0.1, -0.05) is 17.3 Å². The number of carbonyl (C=O) groups excluding carboxylic acids is 1. The predicted molar refractivity (Wildman–Crippen MR) is 87.9 cm³/mol. The monoisotopic (exact) mass is 341 g/mol. The number of carboxylic acid groups (broad SMARTS) is 1. The second-order valence-electron chi connectivity index (χ2n) is 6.83. The van der Waals surface area contributed by atoms with Crippen molar-refractivity contribution >= 4 is 11.9 Å². The molecule has 1 heterocycles. The Balaban J connectivity index is 1.45. The number of carbonyl (C=O) groups is 2. The van der Waals surface area contributed by atoms with Crippen LogP contribution in [0, 0.1) is 5.92 Å². The van der Waals surface area contributed by atoms with Gasteiger partial charge in [0.1, 0.15) is 0 Å². The number of amides is 1. The average Bonchev–Trinajstić information content (AvgIpc) is 3.15. The highest BCUT2D eigenvalue weighted by molar-refractivity contribution is 5.95. The fraction of sp³-hybridized carbons (Fsp3) is 0.444. The van der Waals surface area contributed by atoms with Crippen LogP contribution >= 0.6 is 0 Å². The number of hydrogen-bond donors (Lipinski definition) is 2. The number of hydrogen-bond acceptors (Lipinski definition) is 5. The summed E-state index contributed by atoms with van der Waals surface area (Å²) in [6.07, 6.45) is 3.95. The molecule has 2 aliphatic carbocycles. The van der Waals surface area contributed by atoms with Crippen molar-refractivity contribution in [3.63, 3.8) is 0 Å². The van der Waals surface area contributed by atoms with Crippen molar-refractivity contribution in [1.82, 2.24) is 15.5 Å². The summed E-state index contributed by atoms with van der Waals surface area (Å²) < 4.78 is 5.27.